The first-order chi connectivity index (χ1) is 9.96. The molecule has 5 heteroatoms. The molecule has 0 amide bonds. The second-order valence-electron chi connectivity index (χ2n) is 5.97. The molecule has 4 nitrogen and oxygen atoms in total. The van der Waals surface area contributed by atoms with E-state index < -0.39 is 10.0 Å². The highest BCUT2D eigenvalue weighted by Gasteiger charge is 2.31. The molecule has 0 spiro atoms. The van der Waals surface area contributed by atoms with Crippen LogP contribution in [0.3, 0.4) is 0 Å². The van der Waals surface area contributed by atoms with Crippen molar-refractivity contribution >= 4 is 10.0 Å². The van der Waals surface area contributed by atoms with Crippen molar-refractivity contribution in [1.82, 2.24) is 9.62 Å². The Labute approximate surface area is 128 Å². The first kappa shape index (κ1) is 16.5. The molecule has 1 fully saturated rings. The van der Waals surface area contributed by atoms with Gasteiger partial charge in [-0.15, -0.1) is 0 Å². The van der Waals surface area contributed by atoms with Gasteiger partial charge in [0.2, 0.25) is 10.0 Å². The predicted octanol–water partition coefficient (Wildman–Crippen LogP) is 2.53. The van der Waals surface area contributed by atoms with Gasteiger partial charge in [-0.3, -0.25) is 0 Å². The Morgan fingerprint density at radius 3 is 2.76 bits per heavy atom. The molecule has 1 aromatic carbocycles. The Morgan fingerprint density at radius 1 is 1.38 bits per heavy atom. The van der Waals surface area contributed by atoms with Crippen LogP contribution in [-0.2, 0) is 16.6 Å². The zero-order valence-electron chi connectivity index (χ0n) is 13.2. The molecular formula is C16H26N2O2S. The van der Waals surface area contributed by atoms with Crippen molar-refractivity contribution in [2.24, 2.45) is 5.92 Å². The summed E-state index contributed by atoms with van der Waals surface area (Å²) in [6.07, 6.45) is 2.03. The molecule has 1 aliphatic heterocycles. The Kier molecular flexibility index (Phi) is 5.41. The normalized spacial score (nSPS) is 20.0. The summed E-state index contributed by atoms with van der Waals surface area (Å²) in [6.45, 7) is 9.08. The third-order valence-corrected chi connectivity index (χ3v) is 6.15. The van der Waals surface area contributed by atoms with Crippen molar-refractivity contribution < 1.29 is 8.42 Å². The molecule has 1 heterocycles. The van der Waals surface area contributed by atoms with Gasteiger partial charge in [0, 0.05) is 19.6 Å². The molecule has 0 radical (unpaired) electrons. The fraction of sp³-hybridized carbons (Fsp3) is 0.625. The Bertz CT molecular complexity index is 584. The summed E-state index contributed by atoms with van der Waals surface area (Å²) in [5.74, 6) is 0.453. The molecule has 0 aliphatic carbocycles. The van der Waals surface area contributed by atoms with Crippen LogP contribution in [-0.4, -0.2) is 32.4 Å². The van der Waals surface area contributed by atoms with Gasteiger partial charge < -0.3 is 5.32 Å². The Balaban J connectivity index is 2.25. The highest BCUT2D eigenvalue weighted by atomic mass is 32.2. The second-order valence-corrected chi connectivity index (χ2v) is 7.88. The number of hydrogen-bond donors (Lipinski definition) is 1. The number of sulfonamides is 1. The van der Waals surface area contributed by atoms with Gasteiger partial charge in [-0.05, 0) is 49.4 Å². The molecule has 118 valence electrons. The van der Waals surface area contributed by atoms with Crippen molar-refractivity contribution in [2.75, 3.05) is 19.6 Å². The van der Waals surface area contributed by atoms with E-state index in [0.29, 0.717) is 23.9 Å². The molecule has 0 bridgehead atoms. The largest absolute Gasteiger partial charge is 0.313 e. The SMILES string of the molecule is CCCNCc1cccc(S(=O)(=O)N2CCC(C)C2)c1C. The van der Waals surface area contributed by atoms with Crippen LogP contribution in [0.25, 0.3) is 0 Å². The molecule has 21 heavy (non-hydrogen) atoms. The second kappa shape index (κ2) is 6.90. The lowest BCUT2D eigenvalue weighted by atomic mass is 10.1. The van der Waals surface area contributed by atoms with Crippen LogP contribution < -0.4 is 5.32 Å². The van der Waals surface area contributed by atoms with Crippen LogP contribution in [0.15, 0.2) is 23.1 Å². The van der Waals surface area contributed by atoms with E-state index in [2.05, 4.69) is 19.2 Å². The lowest BCUT2D eigenvalue weighted by Gasteiger charge is -2.19. The van der Waals surface area contributed by atoms with Gasteiger partial charge in [0.05, 0.1) is 4.90 Å². The zero-order valence-corrected chi connectivity index (χ0v) is 14.0. The molecule has 1 unspecified atom stereocenters. The number of nitrogens with zero attached hydrogens (tertiary/aromatic N) is 1. The van der Waals surface area contributed by atoms with Gasteiger partial charge in [-0.25, -0.2) is 8.42 Å². The standard InChI is InChI=1S/C16H26N2O2S/c1-4-9-17-11-15-6-5-7-16(14(15)3)21(19,20)18-10-8-13(2)12-18/h5-7,13,17H,4,8-12H2,1-3H3. The molecule has 2 rings (SSSR count). The average molecular weight is 310 g/mol. The van der Waals surface area contributed by atoms with Crippen LogP contribution in [0.1, 0.15) is 37.8 Å². The number of benzene rings is 1. The zero-order chi connectivity index (χ0) is 15.5. The maximum atomic E-state index is 12.8. The van der Waals surface area contributed by atoms with Crippen LogP contribution in [0.2, 0.25) is 0 Å². The maximum Gasteiger partial charge on any atom is 0.243 e. The monoisotopic (exact) mass is 310 g/mol. The maximum absolute atomic E-state index is 12.8. The fourth-order valence-electron chi connectivity index (χ4n) is 2.78. The smallest absolute Gasteiger partial charge is 0.243 e. The molecule has 1 saturated heterocycles. The van der Waals surface area contributed by atoms with E-state index in [1.165, 1.54) is 0 Å². The number of hydrogen-bond acceptors (Lipinski definition) is 3. The van der Waals surface area contributed by atoms with Crippen LogP contribution in [0.5, 0.6) is 0 Å². The van der Waals surface area contributed by atoms with Crippen molar-refractivity contribution in [1.29, 1.82) is 0 Å². The van der Waals surface area contributed by atoms with E-state index in [1.54, 1.807) is 10.4 Å². The van der Waals surface area contributed by atoms with E-state index >= 15 is 0 Å². The quantitative estimate of drug-likeness (QED) is 0.821. The van der Waals surface area contributed by atoms with Gasteiger partial charge >= 0.3 is 0 Å². The molecule has 0 saturated carbocycles. The van der Waals surface area contributed by atoms with E-state index in [1.807, 2.05) is 19.1 Å². The van der Waals surface area contributed by atoms with E-state index in [4.69, 9.17) is 0 Å². The summed E-state index contributed by atoms with van der Waals surface area (Å²) in [7, 11) is -3.35. The predicted molar refractivity (Wildman–Crippen MR) is 85.7 cm³/mol. The van der Waals surface area contributed by atoms with Gasteiger partial charge in [0.25, 0.3) is 0 Å². The summed E-state index contributed by atoms with van der Waals surface area (Å²) in [5.41, 5.74) is 1.94. The summed E-state index contributed by atoms with van der Waals surface area (Å²) < 4.78 is 27.2. The van der Waals surface area contributed by atoms with Crippen molar-refractivity contribution in [3.63, 3.8) is 0 Å². The minimum atomic E-state index is -3.35. The van der Waals surface area contributed by atoms with Gasteiger partial charge in [0.1, 0.15) is 0 Å². The Morgan fingerprint density at radius 2 is 2.14 bits per heavy atom. The topological polar surface area (TPSA) is 49.4 Å². The van der Waals surface area contributed by atoms with Gasteiger partial charge in [-0.2, -0.15) is 4.31 Å². The molecule has 1 N–H and O–H groups in total. The summed E-state index contributed by atoms with van der Waals surface area (Å²) >= 11 is 0. The molecule has 0 aromatic heterocycles. The van der Waals surface area contributed by atoms with Gasteiger partial charge in [0.15, 0.2) is 0 Å². The van der Waals surface area contributed by atoms with Crippen LogP contribution in [0, 0.1) is 12.8 Å². The number of rotatable bonds is 6. The summed E-state index contributed by atoms with van der Waals surface area (Å²) in [5, 5.41) is 3.34. The third-order valence-electron chi connectivity index (χ3n) is 4.14. The van der Waals surface area contributed by atoms with E-state index in [-0.39, 0.29) is 0 Å². The number of nitrogens with one attached hydrogen (secondary N) is 1. The lowest BCUT2D eigenvalue weighted by Crippen LogP contribution is -2.29. The minimum absolute atomic E-state index is 0.453. The molecule has 1 aromatic rings. The van der Waals surface area contributed by atoms with E-state index in [9.17, 15) is 8.42 Å². The highest BCUT2D eigenvalue weighted by Crippen LogP contribution is 2.27. The molecular weight excluding hydrogens is 284 g/mol. The summed E-state index contributed by atoms with van der Waals surface area (Å²) in [6, 6.07) is 5.59. The van der Waals surface area contributed by atoms with Crippen LogP contribution in [0.4, 0.5) is 0 Å². The van der Waals surface area contributed by atoms with E-state index in [0.717, 1.165) is 37.1 Å². The first-order valence-electron chi connectivity index (χ1n) is 7.76. The molecule has 1 atom stereocenters. The first-order valence-corrected chi connectivity index (χ1v) is 9.20. The van der Waals surface area contributed by atoms with Crippen molar-refractivity contribution in [2.45, 2.75) is 45.1 Å². The van der Waals surface area contributed by atoms with Crippen molar-refractivity contribution in [3.05, 3.63) is 29.3 Å². The average Bonchev–Trinajstić information content (AvgIpc) is 2.88. The van der Waals surface area contributed by atoms with Gasteiger partial charge in [-0.1, -0.05) is 26.0 Å². The van der Waals surface area contributed by atoms with Crippen molar-refractivity contribution in [3.8, 4) is 0 Å². The third kappa shape index (κ3) is 3.65. The highest BCUT2D eigenvalue weighted by molar-refractivity contribution is 7.89. The fourth-order valence-corrected chi connectivity index (χ4v) is 4.63. The van der Waals surface area contributed by atoms with Crippen LogP contribution >= 0.6 is 0 Å². The summed E-state index contributed by atoms with van der Waals surface area (Å²) in [4.78, 5) is 0.465. The molecule has 1 aliphatic rings. The Hall–Kier alpha value is -0.910. The minimum Gasteiger partial charge on any atom is -0.313 e. The lowest BCUT2D eigenvalue weighted by molar-refractivity contribution is 0.464.